The van der Waals surface area contributed by atoms with Crippen LogP contribution in [0.1, 0.15) is 38.7 Å². The first kappa shape index (κ1) is 19.8. The van der Waals surface area contributed by atoms with Crippen molar-refractivity contribution in [1.29, 1.82) is 0 Å². The van der Waals surface area contributed by atoms with Crippen molar-refractivity contribution in [3.63, 3.8) is 0 Å². The van der Waals surface area contributed by atoms with Gasteiger partial charge in [0.1, 0.15) is 0 Å². The highest BCUT2D eigenvalue weighted by Crippen LogP contribution is 2.32. The second kappa shape index (κ2) is 9.22. The summed E-state index contributed by atoms with van der Waals surface area (Å²) in [5, 5.41) is 3.31. The quantitative estimate of drug-likeness (QED) is 0.621. The Kier molecular flexibility index (Phi) is 7.29. The Bertz CT molecular complexity index is 659. The Morgan fingerprint density at radius 2 is 2.00 bits per heavy atom. The first-order chi connectivity index (χ1) is 12.0. The van der Waals surface area contributed by atoms with Crippen LogP contribution in [0.15, 0.2) is 35.3 Å². The number of guanidine groups is 1. The van der Waals surface area contributed by atoms with Gasteiger partial charge in [0.05, 0.1) is 12.3 Å². The first-order valence-corrected chi connectivity index (χ1v) is 11.1. The average Bonchev–Trinajstić information content (AvgIpc) is 2.61. The molecule has 1 saturated heterocycles. The second-order valence-electron chi connectivity index (χ2n) is 6.70. The third kappa shape index (κ3) is 5.73. The van der Waals surface area contributed by atoms with Crippen molar-refractivity contribution in [3.8, 4) is 0 Å². The third-order valence-electron chi connectivity index (χ3n) is 4.87. The summed E-state index contributed by atoms with van der Waals surface area (Å²) in [6.45, 7) is 8.99. The lowest BCUT2D eigenvalue weighted by Crippen LogP contribution is -2.48. The molecule has 1 aromatic rings. The summed E-state index contributed by atoms with van der Waals surface area (Å²) < 4.78 is 23.3. The summed E-state index contributed by atoms with van der Waals surface area (Å²) in [4.78, 5) is 6.82. The monoisotopic (exact) mass is 365 g/mol. The van der Waals surface area contributed by atoms with Gasteiger partial charge in [-0.2, -0.15) is 0 Å². The van der Waals surface area contributed by atoms with Crippen LogP contribution in [0, 0.1) is 5.92 Å². The Morgan fingerprint density at radius 3 is 2.60 bits per heavy atom. The molecule has 0 amide bonds. The van der Waals surface area contributed by atoms with E-state index in [-0.39, 0.29) is 11.5 Å². The van der Waals surface area contributed by atoms with Gasteiger partial charge >= 0.3 is 0 Å². The number of rotatable bonds is 6. The van der Waals surface area contributed by atoms with Crippen molar-refractivity contribution >= 4 is 15.8 Å². The van der Waals surface area contributed by atoms with Gasteiger partial charge in [0.25, 0.3) is 0 Å². The van der Waals surface area contributed by atoms with E-state index in [9.17, 15) is 8.42 Å². The van der Waals surface area contributed by atoms with Gasteiger partial charge in [-0.25, -0.2) is 8.42 Å². The van der Waals surface area contributed by atoms with Gasteiger partial charge in [-0.15, -0.1) is 0 Å². The molecule has 1 N–H and O–H groups in total. The van der Waals surface area contributed by atoms with Crippen LogP contribution in [-0.4, -0.2) is 57.0 Å². The van der Waals surface area contributed by atoms with Crippen LogP contribution in [0.5, 0.6) is 0 Å². The fourth-order valence-corrected chi connectivity index (χ4v) is 4.05. The zero-order chi connectivity index (χ0) is 18.3. The number of hydrogen-bond acceptors (Lipinski definition) is 3. The molecule has 140 valence electrons. The van der Waals surface area contributed by atoms with Crippen LogP contribution in [-0.2, 0) is 9.84 Å². The molecule has 0 aromatic heterocycles. The van der Waals surface area contributed by atoms with Crippen LogP contribution >= 0.6 is 0 Å². The summed E-state index contributed by atoms with van der Waals surface area (Å²) >= 11 is 0. The van der Waals surface area contributed by atoms with Gasteiger partial charge in [0.2, 0.25) is 0 Å². The van der Waals surface area contributed by atoms with E-state index in [2.05, 4.69) is 52.5 Å². The fraction of sp³-hybridized carbons (Fsp3) is 0.632. The van der Waals surface area contributed by atoms with E-state index in [1.54, 1.807) is 6.92 Å². The molecule has 0 spiro atoms. The Morgan fingerprint density at radius 1 is 1.28 bits per heavy atom. The molecule has 6 heteroatoms. The topological polar surface area (TPSA) is 61.8 Å². The lowest BCUT2D eigenvalue weighted by Gasteiger charge is -2.39. The van der Waals surface area contributed by atoms with E-state index >= 15 is 0 Å². The van der Waals surface area contributed by atoms with Gasteiger partial charge in [0, 0.05) is 25.4 Å². The normalized spacial score (nSPS) is 22.0. The number of benzene rings is 1. The lowest BCUT2D eigenvalue weighted by atomic mass is 9.82. The van der Waals surface area contributed by atoms with E-state index < -0.39 is 9.84 Å². The minimum Gasteiger partial charge on any atom is -0.357 e. The van der Waals surface area contributed by atoms with Crippen molar-refractivity contribution in [2.24, 2.45) is 10.9 Å². The Balaban J connectivity index is 2.01. The molecule has 0 aliphatic carbocycles. The number of likely N-dealkylation sites (tertiary alicyclic amines) is 1. The molecule has 25 heavy (non-hydrogen) atoms. The summed E-state index contributed by atoms with van der Waals surface area (Å²) in [5.74, 6) is 2.24. The van der Waals surface area contributed by atoms with E-state index in [0.29, 0.717) is 18.4 Å². The molecule has 2 unspecified atom stereocenters. The number of hydrogen-bond donors (Lipinski definition) is 1. The molecule has 0 bridgehead atoms. The number of piperidine rings is 1. The molecule has 1 aromatic carbocycles. The maximum absolute atomic E-state index is 11.7. The minimum atomic E-state index is -2.97. The summed E-state index contributed by atoms with van der Waals surface area (Å²) in [6.07, 6.45) is 1.09. The number of nitrogens with one attached hydrogen (secondary N) is 1. The molecule has 0 saturated carbocycles. The molecule has 1 heterocycles. The highest BCUT2D eigenvalue weighted by molar-refractivity contribution is 7.91. The number of aliphatic imine (C=N–C) groups is 1. The molecule has 0 radical (unpaired) electrons. The molecule has 1 fully saturated rings. The van der Waals surface area contributed by atoms with Crippen molar-refractivity contribution in [1.82, 2.24) is 10.2 Å². The summed E-state index contributed by atoms with van der Waals surface area (Å²) in [7, 11) is -2.97. The van der Waals surface area contributed by atoms with E-state index in [0.717, 1.165) is 32.0 Å². The fourth-order valence-electron chi connectivity index (χ4n) is 3.39. The Hall–Kier alpha value is -1.56. The molecular weight excluding hydrogens is 334 g/mol. The maximum atomic E-state index is 11.7. The van der Waals surface area contributed by atoms with Gasteiger partial charge < -0.3 is 10.2 Å². The van der Waals surface area contributed by atoms with E-state index in [1.165, 1.54) is 5.56 Å². The third-order valence-corrected chi connectivity index (χ3v) is 6.56. The van der Waals surface area contributed by atoms with Crippen LogP contribution < -0.4 is 5.32 Å². The van der Waals surface area contributed by atoms with Crippen LogP contribution in [0.3, 0.4) is 0 Å². The van der Waals surface area contributed by atoms with Crippen molar-refractivity contribution in [2.45, 2.75) is 33.1 Å². The van der Waals surface area contributed by atoms with Gasteiger partial charge in [0.15, 0.2) is 15.8 Å². The second-order valence-corrected chi connectivity index (χ2v) is 9.17. The lowest BCUT2D eigenvalue weighted by molar-refractivity contribution is 0.234. The standard InChI is InChI=1S/C19H31N3O2S/c1-4-20-19(21-12-14-25(23,24)5-2)22-13-11-18(16(3)15-22)17-9-7-6-8-10-17/h6-10,16,18H,4-5,11-15H2,1-3H3,(H,20,21). The van der Waals surface area contributed by atoms with E-state index in [4.69, 9.17) is 0 Å². The largest absolute Gasteiger partial charge is 0.357 e. The predicted octanol–water partition coefficient (Wildman–Crippen LogP) is 2.51. The SMILES string of the molecule is CCNC(=NCCS(=O)(=O)CC)N1CCC(c2ccccc2)C(C)C1. The predicted molar refractivity (Wildman–Crippen MR) is 105 cm³/mol. The van der Waals surface area contributed by atoms with Gasteiger partial charge in [-0.3, -0.25) is 4.99 Å². The molecule has 2 rings (SSSR count). The smallest absolute Gasteiger partial charge is 0.193 e. The van der Waals surface area contributed by atoms with Gasteiger partial charge in [-0.05, 0) is 30.7 Å². The zero-order valence-electron chi connectivity index (χ0n) is 15.6. The first-order valence-electron chi connectivity index (χ1n) is 9.25. The maximum Gasteiger partial charge on any atom is 0.193 e. The molecule has 5 nitrogen and oxygen atoms in total. The summed E-state index contributed by atoms with van der Waals surface area (Å²) in [6, 6.07) is 10.7. The molecule has 1 aliphatic heterocycles. The number of sulfone groups is 1. The molecule has 2 atom stereocenters. The highest BCUT2D eigenvalue weighted by Gasteiger charge is 2.28. The zero-order valence-corrected chi connectivity index (χ0v) is 16.4. The van der Waals surface area contributed by atoms with Gasteiger partial charge in [-0.1, -0.05) is 44.2 Å². The van der Waals surface area contributed by atoms with Crippen molar-refractivity contribution < 1.29 is 8.42 Å². The van der Waals surface area contributed by atoms with Crippen LogP contribution in [0.4, 0.5) is 0 Å². The molecule has 1 aliphatic rings. The average molecular weight is 366 g/mol. The number of nitrogens with zero attached hydrogens (tertiary/aromatic N) is 2. The minimum absolute atomic E-state index is 0.119. The van der Waals surface area contributed by atoms with Crippen molar-refractivity contribution in [2.75, 3.05) is 37.7 Å². The van der Waals surface area contributed by atoms with E-state index in [1.807, 2.05) is 6.92 Å². The molecular formula is C19H31N3O2S. The van der Waals surface area contributed by atoms with Crippen LogP contribution in [0.2, 0.25) is 0 Å². The van der Waals surface area contributed by atoms with Crippen molar-refractivity contribution in [3.05, 3.63) is 35.9 Å². The van der Waals surface area contributed by atoms with Crippen LogP contribution in [0.25, 0.3) is 0 Å². The summed E-state index contributed by atoms with van der Waals surface area (Å²) in [5.41, 5.74) is 1.41. The highest BCUT2D eigenvalue weighted by atomic mass is 32.2. The Labute approximate surface area is 152 Å².